The van der Waals surface area contributed by atoms with E-state index in [9.17, 15) is 10.1 Å². The van der Waals surface area contributed by atoms with Crippen LogP contribution in [-0.4, -0.2) is 16.1 Å². The number of nitrogens with zero attached hydrogens (tertiary/aromatic N) is 3. The lowest BCUT2D eigenvalue weighted by Crippen LogP contribution is -2.13. The quantitative estimate of drug-likeness (QED) is 0.544. The van der Waals surface area contributed by atoms with E-state index in [1.54, 1.807) is 6.08 Å². The highest BCUT2D eigenvalue weighted by Crippen LogP contribution is 2.28. The zero-order valence-corrected chi connectivity index (χ0v) is 16.4. The molecule has 0 saturated heterocycles. The smallest absolute Gasteiger partial charge is 0.268 e. The Hall–Kier alpha value is -2.52. The zero-order chi connectivity index (χ0) is 19.1. The van der Waals surface area contributed by atoms with Crippen LogP contribution in [0.1, 0.15) is 68.5 Å². The second kappa shape index (κ2) is 9.25. The summed E-state index contributed by atoms with van der Waals surface area (Å²) in [5.41, 5.74) is 2.07. The first-order chi connectivity index (χ1) is 12.5. The SMILES string of the molecule is CCC(CC)c1nnc(NC(=O)/C(C#N)=C/c2ccc(C(C)C)cc2)s1. The maximum absolute atomic E-state index is 12.4. The van der Waals surface area contributed by atoms with Gasteiger partial charge < -0.3 is 0 Å². The predicted octanol–water partition coefficient (Wildman–Crippen LogP) is 5.11. The third-order valence-corrected chi connectivity index (χ3v) is 5.28. The maximum Gasteiger partial charge on any atom is 0.268 e. The number of anilines is 1. The van der Waals surface area contributed by atoms with Crippen molar-refractivity contribution in [3.8, 4) is 6.07 Å². The molecule has 0 spiro atoms. The van der Waals surface area contributed by atoms with Gasteiger partial charge in [0.15, 0.2) is 0 Å². The number of amides is 1. The van der Waals surface area contributed by atoms with Gasteiger partial charge in [-0.05, 0) is 36.0 Å². The predicted molar refractivity (Wildman–Crippen MR) is 106 cm³/mol. The number of carbonyl (C=O) groups excluding carboxylic acids is 1. The molecule has 0 aliphatic heterocycles. The van der Waals surface area contributed by atoms with Crippen molar-refractivity contribution in [3.63, 3.8) is 0 Å². The van der Waals surface area contributed by atoms with E-state index in [-0.39, 0.29) is 5.57 Å². The number of rotatable bonds is 7. The summed E-state index contributed by atoms with van der Waals surface area (Å²) < 4.78 is 0. The average molecular weight is 369 g/mol. The molecular formula is C20H24N4OS. The first-order valence-electron chi connectivity index (χ1n) is 8.84. The maximum atomic E-state index is 12.4. The van der Waals surface area contributed by atoms with Crippen molar-refractivity contribution in [1.82, 2.24) is 10.2 Å². The highest BCUT2D eigenvalue weighted by Gasteiger charge is 2.16. The van der Waals surface area contributed by atoms with Gasteiger partial charge in [0, 0.05) is 5.92 Å². The van der Waals surface area contributed by atoms with Gasteiger partial charge in [-0.2, -0.15) is 5.26 Å². The van der Waals surface area contributed by atoms with Gasteiger partial charge in [0.05, 0.1) is 0 Å². The molecule has 2 aromatic rings. The van der Waals surface area contributed by atoms with Crippen molar-refractivity contribution in [2.45, 2.75) is 52.4 Å². The summed E-state index contributed by atoms with van der Waals surface area (Å²) in [7, 11) is 0. The van der Waals surface area contributed by atoms with E-state index in [0.29, 0.717) is 17.0 Å². The van der Waals surface area contributed by atoms with Gasteiger partial charge >= 0.3 is 0 Å². The van der Waals surface area contributed by atoms with Crippen LogP contribution in [0.3, 0.4) is 0 Å². The van der Waals surface area contributed by atoms with E-state index in [4.69, 9.17) is 0 Å². The summed E-state index contributed by atoms with van der Waals surface area (Å²) in [6.07, 6.45) is 3.55. The van der Waals surface area contributed by atoms with Gasteiger partial charge in [0.25, 0.3) is 5.91 Å². The van der Waals surface area contributed by atoms with Crippen LogP contribution in [0.2, 0.25) is 0 Å². The highest BCUT2D eigenvalue weighted by molar-refractivity contribution is 7.15. The Bertz CT molecular complexity index is 811. The molecule has 136 valence electrons. The number of benzene rings is 1. The Kier molecular flexibility index (Phi) is 7.05. The third-order valence-electron chi connectivity index (χ3n) is 4.28. The monoisotopic (exact) mass is 368 g/mol. The highest BCUT2D eigenvalue weighted by atomic mass is 32.1. The van der Waals surface area contributed by atoms with Gasteiger partial charge in [0.2, 0.25) is 5.13 Å². The molecule has 5 nitrogen and oxygen atoms in total. The lowest BCUT2D eigenvalue weighted by atomic mass is 10.0. The van der Waals surface area contributed by atoms with Crippen LogP contribution in [0.5, 0.6) is 0 Å². The molecule has 1 aromatic heterocycles. The lowest BCUT2D eigenvalue weighted by Gasteiger charge is -2.06. The molecule has 0 bridgehead atoms. The minimum absolute atomic E-state index is 0.0431. The molecule has 0 unspecified atom stereocenters. The van der Waals surface area contributed by atoms with Crippen LogP contribution in [-0.2, 0) is 4.79 Å². The van der Waals surface area contributed by atoms with Gasteiger partial charge in [-0.25, -0.2) is 0 Å². The Balaban J connectivity index is 2.12. The summed E-state index contributed by atoms with van der Waals surface area (Å²) in [5, 5.41) is 21.5. The molecule has 1 N–H and O–H groups in total. The number of nitrogens with one attached hydrogen (secondary N) is 1. The normalized spacial score (nSPS) is 11.7. The fourth-order valence-corrected chi connectivity index (χ4v) is 3.55. The zero-order valence-electron chi connectivity index (χ0n) is 15.6. The molecule has 26 heavy (non-hydrogen) atoms. The Morgan fingerprint density at radius 3 is 2.42 bits per heavy atom. The Morgan fingerprint density at radius 2 is 1.88 bits per heavy atom. The number of hydrogen-bond donors (Lipinski definition) is 1. The minimum atomic E-state index is -0.465. The standard InChI is InChI=1S/C20H24N4OS/c1-5-15(6-2)19-23-24-20(26-19)22-18(25)17(12-21)11-14-7-9-16(10-8-14)13(3)4/h7-11,13,15H,5-6H2,1-4H3,(H,22,24,25)/b17-11+. The molecule has 0 fully saturated rings. The van der Waals surface area contributed by atoms with Crippen molar-refractivity contribution in [2.24, 2.45) is 0 Å². The molecule has 6 heteroatoms. The molecular weight excluding hydrogens is 344 g/mol. The van der Waals surface area contributed by atoms with Crippen molar-refractivity contribution in [2.75, 3.05) is 5.32 Å². The molecule has 2 rings (SSSR count). The molecule has 0 aliphatic rings. The van der Waals surface area contributed by atoms with Gasteiger partial charge in [-0.3, -0.25) is 10.1 Å². The van der Waals surface area contributed by atoms with Crippen molar-refractivity contribution in [3.05, 3.63) is 46.0 Å². The molecule has 1 amide bonds. The molecule has 0 aliphatic carbocycles. The lowest BCUT2D eigenvalue weighted by molar-refractivity contribution is -0.112. The summed E-state index contributed by atoms with van der Waals surface area (Å²) >= 11 is 1.37. The first kappa shape index (κ1) is 19.8. The fourth-order valence-electron chi connectivity index (χ4n) is 2.54. The number of aromatic nitrogens is 2. The van der Waals surface area contributed by atoms with Crippen LogP contribution in [0.4, 0.5) is 5.13 Å². The second-order valence-corrected chi connectivity index (χ2v) is 7.41. The van der Waals surface area contributed by atoms with E-state index in [1.807, 2.05) is 30.3 Å². The van der Waals surface area contributed by atoms with Crippen LogP contribution < -0.4 is 5.32 Å². The average Bonchev–Trinajstić information content (AvgIpc) is 3.09. The number of hydrogen-bond acceptors (Lipinski definition) is 5. The van der Waals surface area contributed by atoms with Gasteiger partial charge in [-0.1, -0.05) is 63.3 Å². The molecule has 1 aromatic carbocycles. The largest absolute Gasteiger partial charge is 0.296 e. The van der Waals surface area contributed by atoms with Crippen molar-refractivity contribution < 1.29 is 4.79 Å². The topological polar surface area (TPSA) is 78.7 Å². The van der Waals surface area contributed by atoms with E-state index in [0.717, 1.165) is 23.4 Å². The first-order valence-corrected chi connectivity index (χ1v) is 9.66. The third kappa shape index (κ3) is 4.99. The minimum Gasteiger partial charge on any atom is -0.296 e. The van der Waals surface area contributed by atoms with Crippen LogP contribution >= 0.6 is 11.3 Å². The van der Waals surface area contributed by atoms with Crippen LogP contribution in [0.15, 0.2) is 29.8 Å². The van der Waals surface area contributed by atoms with Gasteiger partial charge in [-0.15, -0.1) is 10.2 Å². The van der Waals surface area contributed by atoms with Crippen LogP contribution in [0.25, 0.3) is 6.08 Å². The van der Waals surface area contributed by atoms with E-state index in [1.165, 1.54) is 16.9 Å². The second-order valence-electron chi connectivity index (χ2n) is 6.40. The fraction of sp³-hybridized carbons (Fsp3) is 0.400. The number of nitriles is 1. The Morgan fingerprint density at radius 1 is 1.23 bits per heavy atom. The summed E-state index contributed by atoms with van der Waals surface area (Å²) in [4.78, 5) is 12.4. The van der Waals surface area contributed by atoms with E-state index >= 15 is 0 Å². The molecule has 0 atom stereocenters. The molecule has 0 radical (unpaired) electrons. The van der Waals surface area contributed by atoms with E-state index < -0.39 is 5.91 Å². The van der Waals surface area contributed by atoms with E-state index in [2.05, 4.69) is 43.2 Å². The van der Waals surface area contributed by atoms with Crippen molar-refractivity contribution >= 4 is 28.5 Å². The summed E-state index contributed by atoms with van der Waals surface area (Å²) in [6.45, 7) is 8.46. The summed E-state index contributed by atoms with van der Waals surface area (Å²) in [5.74, 6) is 0.324. The van der Waals surface area contributed by atoms with Gasteiger partial charge in [0.1, 0.15) is 16.6 Å². The molecule has 1 heterocycles. The Labute approximate surface area is 158 Å². The van der Waals surface area contributed by atoms with Crippen molar-refractivity contribution in [1.29, 1.82) is 5.26 Å². The van der Waals surface area contributed by atoms with Crippen LogP contribution in [0, 0.1) is 11.3 Å². The molecule has 0 saturated carbocycles. The summed E-state index contributed by atoms with van der Waals surface area (Å²) in [6, 6.07) is 9.81. The number of carbonyl (C=O) groups is 1.